The fraction of sp³-hybridized carbons (Fsp3) is 0.391. The van der Waals surface area contributed by atoms with E-state index in [-0.39, 0.29) is 30.4 Å². The monoisotopic (exact) mass is 440 g/mol. The molecule has 0 radical (unpaired) electrons. The molecule has 0 spiro atoms. The number of hydrogen-bond donors (Lipinski definition) is 0. The first kappa shape index (κ1) is 20.4. The van der Waals surface area contributed by atoms with Gasteiger partial charge in [-0.2, -0.15) is 0 Å². The normalized spacial score (nSPS) is 22.3. The smallest absolute Gasteiger partial charge is 0.306 e. The van der Waals surface area contributed by atoms with Gasteiger partial charge < -0.3 is 19.1 Å². The summed E-state index contributed by atoms with van der Waals surface area (Å²) in [7, 11) is 0. The van der Waals surface area contributed by atoms with Crippen LogP contribution in [-0.4, -0.2) is 48.0 Å². The largest absolute Gasteiger partial charge is 0.479 e. The Bertz CT molecular complexity index is 1090. The Hall–Kier alpha value is -3.49. The van der Waals surface area contributed by atoms with E-state index in [2.05, 4.69) is 4.98 Å². The number of benzene rings is 1. The third-order valence-corrected chi connectivity index (χ3v) is 5.92. The summed E-state index contributed by atoms with van der Waals surface area (Å²) in [6.07, 6.45) is 2.62. The SMILES string of the molecule is O=C1CC[C@H](COc2ccc(O[C@@H]3CCN(c4cc(F)c5c(c4)C(=O)CC5)C3=O)cn2)O1. The number of carbonyl (C=O) groups is 3. The van der Waals surface area contributed by atoms with E-state index >= 15 is 0 Å². The summed E-state index contributed by atoms with van der Waals surface area (Å²) < 4.78 is 30.8. The number of ether oxygens (including phenoxy) is 3. The number of rotatable bonds is 6. The molecule has 3 heterocycles. The van der Waals surface area contributed by atoms with Gasteiger partial charge in [0.2, 0.25) is 5.88 Å². The van der Waals surface area contributed by atoms with Crippen LogP contribution >= 0.6 is 0 Å². The average Bonchev–Trinajstić information content (AvgIpc) is 3.47. The number of nitrogens with zero attached hydrogens (tertiary/aromatic N) is 2. The highest BCUT2D eigenvalue weighted by Gasteiger charge is 2.36. The summed E-state index contributed by atoms with van der Waals surface area (Å²) in [5.74, 6) is -0.302. The molecule has 2 fully saturated rings. The van der Waals surface area contributed by atoms with Crippen molar-refractivity contribution in [3.05, 3.63) is 47.4 Å². The molecule has 1 aromatic heterocycles. The molecule has 9 heteroatoms. The first-order chi connectivity index (χ1) is 15.5. The quantitative estimate of drug-likeness (QED) is 0.637. The topological polar surface area (TPSA) is 95.0 Å². The van der Waals surface area contributed by atoms with Crippen molar-refractivity contribution in [1.29, 1.82) is 0 Å². The fourth-order valence-corrected chi connectivity index (χ4v) is 4.24. The van der Waals surface area contributed by atoms with Gasteiger partial charge in [0.1, 0.15) is 24.3 Å². The molecular weight excluding hydrogens is 419 g/mol. The Morgan fingerprint density at radius 3 is 2.75 bits per heavy atom. The Balaban J connectivity index is 1.20. The van der Waals surface area contributed by atoms with Gasteiger partial charge in [-0.15, -0.1) is 0 Å². The number of anilines is 1. The summed E-state index contributed by atoms with van der Waals surface area (Å²) in [5, 5.41) is 0. The van der Waals surface area contributed by atoms with Crippen molar-refractivity contribution in [1.82, 2.24) is 4.98 Å². The van der Waals surface area contributed by atoms with E-state index in [4.69, 9.17) is 14.2 Å². The maximum atomic E-state index is 14.4. The number of Topliss-reactive ketones (excluding diaryl/α,β-unsaturated/α-hetero) is 1. The predicted molar refractivity (Wildman–Crippen MR) is 109 cm³/mol. The molecular formula is C23H21FN2O6. The molecule has 2 aromatic rings. The first-order valence-corrected chi connectivity index (χ1v) is 10.6. The predicted octanol–water partition coefficient (Wildman–Crippen LogP) is 2.62. The summed E-state index contributed by atoms with van der Waals surface area (Å²) in [6, 6.07) is 6.17. The third kappa shape index (κ3) is 3.90. The number of aromatic nitrogens is 1. The van der Waals surface area contributed by atoms with Crippen LogP contribution in [0.5, 0.6) is 11.6 Å². The van der Waals surface area contributed by atoms with Gasteiger partial charge in [-0.05, 0) is 36.6 Å². The third-order valence-electron chi connectivity index (χ3n) is 5.92. The molecule has 5 rings (SSSR count). The molecule has 1 amide bonds. The zero-order valence-electron chi connectivity index (χ0n) is 17.2. The standard InChI is InChI=1S/C23H21FN2O6/c24-18-10-13(9-17-16(18)3-4-19(17)27)26-8-7-20(23(26)29)31-14-1-5-21(25-11-14)30-12-15-2-6-22(28)32-15/h1,5,9-11,15,20H,2-4,6-8,12H2/t15-,20-/m1/s1. The maximum absolute atomic E-state index is 14.4. The minimum absolute atomic E-state index is 0.0975. The highest BCUT2D eigenvalue weighted by molar-refractivity contribution is 6.04. The molecule has 0 bridgehead atoms. The van der Waals surface area contributed by atoms with E-state index in [1.165, 1.54) is 17.2 Å². The Morgan fingerprint density at radius 1 is 1.12 bits per heavy atom. The van der Waals surface area contributed by atoms with Gasteiger partial charge in [0.05, 0.1) is 6.20 Å². The molecule has 0 N–H and O–H groups in total. The van der Waals surface area contributed by atoms with Gasteiger partial charge in [-0.25, -0.2) is 9.37 Å². The van der Waals surface area contributed by atoms with Crippen molar-refractivity contribution in [2.24, 2.45) is 0 Å². The van der Waals surface area contributed by atoms with E-state index < -0.39 is 11.9 Å². The van der Waals surface area contributed by atoms with E-state index in [1.807, 2.05) is 0 Å². The molecule has 0 unspecified atom stereocenters. The second kappa shape index (κ2) is 8.22. The number of ketones is 1. The summed E-state index contributed by atoms with van der Waals surface area (Å²) >= 11 is 0. The Kier molecular flexibility index (Phi) is 5.24. The minimum Gasteiger partial charge on any atom is -0.479 e. The van der Waals surface area contributed by atoms with Crippen molar-refractivity contribution >= 4 is 23.3 Å². The molecule has 2 saturated heterocycles. The molecule has 8 nitrogen and oxygen atoms in total. The van der Waals surface area contributed by atoms with E-state index in [0.717, 1.165) is 0 Å². The van der Waals surface area contributed by atoms with Crippen molar-refractivity contribution < 1.29 is 33.0 Å². The van der Waals surface area contributed by atoms with Gasteiger partial charge in [-0.1, -0.05) is 0 Å². The van der Waals surface area contributed by atoms with Crippen LogP contribution in [0.4, 0.5) is 10.1 Å². The van der Waals surface area contributed by atoms with Crippen LogP contribution in [0.2, 0.25) is 0 Å². The zero-order valence-corrected chi connectivity index (χ0v) is 17.2. The molecule has 32 heavy (non-hydrogen) atoms. The summed E-state index contributed by atoms with van der Waals surface area (Å²) in [5.41, 5.74) is 1.17. The second-order valence-corrected chi connectivity index (χ2v) is 8.06. The van der Waals surface area contributed by atoms with Crippen LogP contribution in [0.25, 0.3) is 0 Å². The van der Waals surface area contributed by atoms with Gasteiger partial charge in [0.25, 0.3) is 5.91 Å². The number of carbonyl (C=O) groups excluding carboxylic acids is 3. The van der Waals surface area contributed by atoms with Gasteiger partial charge >= 0.3 is 5.97 Å². The minimum atomic E-state index is -0.728. The lowest BCUT2D eigenvalue weighted by atomic mass is 10.1. The molecule has 166 valence electrons. The number of amides is 1. The number of hydrogen-bond acceptors (Lipinski definition) is 7. The van der Waals surface area contributed by atoms with Crippen molar-refractivity contribution in [3.63, 3.8) is 0 Å². The number of fused-ring (bicyclic) bond motifs is 1. The van der Waals surface area contributed by atoms with E-state index in [9.17, 15) is 18.8 Å². The van der Waals surface area contributed by atoms with Crippen molar-refractivity contribution in [2.45, 2.75) is 44.3 Å². The summed E-state index contributed by atoms with van der Waals surface area (Å²) in [6.45, 7) is 0.597. The van der Waals surface area contributed by atoms with E-state index in [1.54, 1.807) is 18.2 Å². The zero-order chi connectivity index (χ0) is 22.2. The number of esters is 1. The van der Waals surface area contributed by atoms with E-state index in [0.29, 0.717) is 67.1 Å². The lowest BCUT2D eigenvalue weighted by Crippen LogP contribution is -2.32. The average molecular weight is 440 g/mol. The van der Waals surface area contributed by atoms with Crippen LogP contribution < -0.4 is 14.4 Å². The lowest BCUT2D eigenvalue weighted by Gasteiger charge is -2.18. The molecule has 0 saturated carbocycles. The number of halogens is 1. The highest BCUT2D eigenvalue weighted by atomic mass is 19.1. The van der Waals surface area contributed by atoms with Crippen LogP contribution in [0, 0.1) is 5.82 Å². The fourth-order valence-electron chi connectivity index (χ4n) is 4.24. The Morgan fingerprint density at radius 2 is 2.00 bits per heavy atom. The van der Waals surface area contributed by atoms with Crippen LogP contribution in [0.3, 0.4) is 0 Å². The molecule has 2 aliphatic heterocycles. The maximum Gasteiger partial charge on any atom is 0.306 e. The molecule has 1 aromatic carbocycles. The van der Waals surface area contributed by atoms with Gasteiger partial charge in [-0.3, -0.25) is 14.4 Å². The summed E-state index contributed by atoms with van der Waals surface area (Å²) in [4.78, 5) is 41.6. The first-order valence-electron chi connectivity index (χ1n) is 10.6. The van der Waals surface area contributed by atoms with Crippen LogP contribution in [0.1, 0.15) is 41.6 Å². The second-order valence-electron chi connectivity index (χ2n) is 8.06. The van der Waals surface area contributed by atoms with Crippen LogP contribution in [-0.2, 0) is 20.7 Å². The van der Waals surface area contributed by atoms with Gasteiger partial charge in [0, 0.05) is 43.1 Å². The van der Waals surface area contributed by atoms with Crippen molar-refractivity contribution in [2.75, 3.05) is 18.1 Å². The van der Waals surface area contributed by atoms with Gasteiger partial charge in [0.15, 0.2) is 11.9 Å². The van der Waals surface area contributed by atoms with Crippen molar-refractivity contribution in [3.8, 4) is 11.6 Å². The lowest BCUT2D eigenvalue weighted by molar-refractivity contribution is -0.142. The Labute approximate surface area is 183 Å². The molecule has 1 aliphatic carbocycles. The van der Waals surface area contributed by atoms with Crippen LogP contribution in [0.15, 0.2) is 30.5 Å². The highest BCUT2D eigenvalue weighted by Crippen LogP contribution is 2.32. The molecule has 2 atom stereocenters. The number of cyclic esters (lactones) is 1. The molecule has 3 aliphatic rings. The number of pyridine rings is 1.